The number of fused-ring (bicyclic) bond motifs is 1. The van der Waals surface area contributed by atoms with Gasteiger partial charge < -0.3 is 5.32 Å². The molecule has 1 aliphatic rings. The van der Waals surface area contributed by atoms with Gasteiger partial charge in [-0.05, 0) is 18.2 Å². The second-order valence-corrected chi connectivity index (χ2v) is 6.26. The molecule has 118 valence electrons. The fraction of sp³-hybridized carbons (Fsp3) is 0.0556. The van der Waals surface area contributed by atoms with Crippen molar-refractivity contribution in [3.63, 3.8) is 0 Å². The van der Waals surface area contributed by atoms with E-state index in [1.165, 1.54) is 11.8 Å². The van der Waals surface area contributed by atoms with Crippen molar-refractivity contribution >= 4 is 51.6 Å². The molecule has 0 saturated carbocycles. The molecule has 2 N–H and O–H groups in total. The van der Waals surface area contributed by atoms with Crippen molar-refractivity contribution in [2.45, 2.75) is 0 Å². The number of nitrogens with zero attached hydrogens (tertiary/aromatic N) is 2. The molecule has 0 radical (unpaired) electrons. The lowest BCUT2D eigenvalue weighted by Gasteiger charge is -2.01. The highest BCUT2D eigenvalue weighted by atomic mass is 32.2. The van der Waals surface area contributed by atoms with Gasteiger partial charge in [-0.15, -0.1) is 0 Å². The quantitative estimate of drug-likeness (QED) is 0.769. The minimum atomic E-state index is -0.00485. The number of thioether (sulfide) groups is 1. The molecule has 1 amide bonds. The molecule has 1 saturated heterocycles. The molecular formula is C18H14N4OS. The summed E-state index contributed by atoms with van der Waals surface area (Å²) < 4.78 is 0. The Bertz CT molecular complexity index is 974. The van der Waals surface area contributed by atoms with Crippen LogP contribution < -0.4 is 5.32 Å². The summed E-state index contributed by atoms with van der Waals surface area (Å²) in [5.74, 6) is 0.422. The minimum absolute atomic E-state index is 0.00485. The Labute approximate surface area is 142 Å². The Hall–Kier alpha value is -2.86. The number of rotatable bonds is 3. The van der Waals surface area contributed by atoms with Gasteiger partial charge in [0, 0.05) is 10.9 Å². The van der Waals surface area contributed by atoms with Crippen molar-refractivity contribution in [3.05, 3.63) is 59.8 Å². The topological polar surface area (TPSA) is 70.1 Å². The molecule has 5 nitrogen and oxygen atoms in total. The van der Waals surface area contributed by atoms with E-state index in [1.54, 1.807) is 0 Å². The third-order valence-electron chi connectivity index (χ3n) is 3.67. The van der Waals surface area contributed by atoms with Gasteiger partial charge in [0.15, 0.2) is 5.17 Å². The number of para-hydroxylation sites is 2. The molecule has 6 heteroatoms. The van der Waals surface area contributed by atoms with Gasteiger partial charge in [-0.1, -0.05) is 54.2 Å². The van der Waals surface area contributed by atoms with Crippen LogP contribution in [0.1, 0.15) is 11.3 Å². The molecule has 0 aliphatic carbocycles. The molecule has 1 aliphatic heterocycles. The SMILES string of the molecule is O=C1CSC(=Nc2ccccc2C=Cc2n[nH]c3ccccc23)N1. The van der Waals surface area contributed by atoms with E-state index in [9.17, 15) is 4.79 Å². The van der Waals surface area contributed by atoms with Crippen LogP contribution in [0.15, 0.2) is 53.5 Å². The number of aromatic amines is 1. The van der Waals surface area contributed by atoms with E-state index in [1.807, 2.05) is 60.7 Å². The normalized spacial score (nSPS) is 16.3. The summed E-state index contributed by atoms with van der Waals surface area (Å²) in [6, 6.07) is 15.8. The van der Waals surface area contributed by atoms with Crippen LogP contribution in [0.25, 0.3) is 23.1 Å². The van der Waals surface area contributed by atoms with E-state index in [0.29, 0.717) is 10.9 Å². The molecule has 0 unspecified atom stereocenters. The summed E-state index contributed by atoms with van der Waals surface area (Å²) in [6.45, 7) is 0. The zero-order valence-corrected chi connectivity index (χ0v) is 13.5. The van der Waals surface area contributed by atoms with Crippen LogP contribution >= 0.6 is 11.8 Å². The first kappa shape index (κ1) is 14.7. The number of hydrogen-bond acceptors (Lipinski definition) is 4. The van der Waals surface area contributed by atoms with Crippen molar-refractivity contribution in [3.8, 4) is 0 Å². The molecule has 2 aromatic carbocycles. The largest absolute Gasteiger partial charge is 0.304 e. The Kier molecular flexibility index (Phi) is 3.88. The van der Waals surface area contributed by atoms with E-state index in [0.717, 1.165) is 27.8 Å². The number of hydrogen-bond donors (Lipinski definition) is 2. The average molecular weight is 334 g/mol. The zero-order chi connectivity index (χ0) is 16.4. The van der Waals surface area contributed by atoms with Crippen LogP contribution in [0.2, 0.25) is 0 Å². The predicted molar refractivity (Wildman–Crippen MR) is 99.2 cm³/mol. The van der Waals surface area contributed by atoms with Gasteiger partial charge in [0.1, 0.15) is 0 Å². The van der Waals surface area contributed by atoms with Crippen LogP contribution in [-0.4, -0.2) is 27.0 Å². The van der Waals surface area contributed by atoms with Crippen LogP contribution in [0.5, 0.6) is 0 Å². The van der Waals surface area contributed by atoms with Crippen LogP contribution in [0.4, 0.5) is 5.69 Å². The lowest BCUT2D eigenvalue weighted by Crippen LogP contribution is -2.19. The molecule has 0 atom stereocenters. The summed E-state index contributed by atoms with van der Waals surface area (Å²) in [4.78, 5) is 15.8. The van der Waals surface area contributed by atoms with Crippen molar-refractivity contribution < 1.29 is 4.79 Å². The fourth-order valence-corrected chi connectivity index (χ4v) is 3.19. The number of aromatic nitrogens is 2. The highest BCUT2D eigenvalue weighted by molar-refractivity contribution is 8.15. The first-order chi connectivity index (χ1) is 11.8. The highest BCUT2D eigenvalue weighted by Gasteiger charge is 2.16. The van der Waals surface area contributed by atoms with E-state index in [2.05, 4.69) is 20.5 Å². The predicted octanol–water partition coefficient (Wildman–Crippen LogP) is 3.58. The Balaban J connectivity index is 1.66. The van der Waals surface area contributed by atoms with E-state index in [4.69, 9.17) is 0 Å². The smallest absolute Gasteiger partial charge is 0.236 e. The number of H-pyrrole nitrogens is 1. The maximum atomic E-state index is 11.3. The molecular weight excluding hydrogens is 320 g/mol. The summed E-state index contributed by atoms with van der Waals surface area (Å²) in [5, 5.41) is 11.8. The average Bonchev–Trinajstić information content (AvgIpc) is 3.20. The standard InChI is InChI=1S/C18H14N4OS/c23-17-11-24-18(20-17)19-14-7-3-1-5-12(14)9-10-16-13-6-2-4-8-15(13)21-22-16/h1-10H,11H2,(H,21,22)(H,19,20,23). The summed E-state index contributed by atoms with van der Waals surface area (Å²) in [5.41, 5.74) is 3.68. The van der Waals surface area contributed by atoms with Gasteiger partial charge in [0.05, 0.1) is 22.7 Å². The van der Waals surface area contributed by atoms with Crippen molar-refractivity contribution in [2.75, 3.05) is 5.75 Å². The number of benzene rings is 2. The molecule has 0 spiro atoms. The maximum Gasteiger partial charge on any atom is 0.236 e. The summed E-state index contributed by atoms with van der Waals surface area (Å²) in [7, 11) is 0. The van der Waals surface area contributed by atoms with Gasteiger partial charge in [0.2, 0.25) is 5.91 Å². The van der Waals surface area contributed by atoms with Crippen LogP contribution in [0, 0.1) is 0 Å². The molecule has 24 heavy (non-hydrogen) atoms. The van der Waals surface area contributed by atoms with Gasteiger partial charge in [-0.2, -0.15) is 5.10 Å². The van der Waals surface area contributed by atoms with E-state index in [-0.39, 0.29) is 5.91 Å². The monoisotopic (exact) mass is 334 g/mol. The van der Waals surface area contributed by atoms with Gasteiger partial charge in [0.25, 0.3) is 0 Å². The van der Waals surface area contributed by atoms with Crippen molar-refractivity contribution in [2.24, 2.45) is 4.99 Å². The Morgan fingerprint density at radius 3 is 2.79 bits per heavy atom. The molecule has 2 heterocycles. The number of amidine groups is 1. The second kappa shape index (κ2) is 6.33. The van der Waals surface area contributed by atoms with E-state index >= 15 is 0 Å². The van der Waals surface area contributed by atoms with Gasteiger partial charge >= 0.3 is 0 Å². The van der Waals surface area contributed by atoms with Crippen LogP contribution in [0.3, 0.4) is 0 Å². The fourth-order valence-electron chi connectivity index (χ4n) is 2.51. The van der Waals surface area contributed by atoms with Gasteiger partial charge in [-0.3, -0.25) is 9.89 Å². The van der Waals surface area contributed by atoms with E-state index < -0.39 is 0 Å². The number of carbonyl (C=O) groups excluding carboxylic acids is 1. The number of amides is 1. The first-order valence-corrected chi connectivity index (χ1v) is 8.50. The number of aliphatic imine (C=N–C) groups is 1. The Morgan fingerprint density at radius 2 is 1.92 bits per heavy atom. The van der Waals surface area contributed by atoms with Crippen LogP contribution in [-0.2, 0) is 4.79 Å². The van der Waals surface area contributed by atoms with Crippen molar-refractivity contribution in [1.82, 2.24) is 15.5 Å². The molecule has 1 aromatic heterocycles. The third-order valence-corrected chi connectivity index (χ3v) is 4.54. The second-order valence-electron chi connectivity index (χ2n) is 5.30. The highest BCUT2D eigenvalue weighted by Crippen LogP contribution is 2.25. The third kappa shape index (κ3) is 2.96. The minimum Gasteiger partial charge on any atom is -0.304 e. The molecule has 0 bridgehead atoms. The Morgan fingerprint density at radius 1 is 1.08 bits per heavy atom. The first-order valence-electron chi connectivity index (χ1n) is 7.51. The lowest BCUT2D eigenvalue weighted by atomic mass is 10.1. The summed E-state index contributed by atoms with van der Waals surface area (Å²) >= 11 is 1.42. The lowest BCUT2D eigenvalue weighted by molar-refractivity contribution is -0.116. The summed E-state index contributed by atoms with van der Waals surface area (Å²) in [6.07, 6.45) is 3.96. The number of nitrogens with one attached hydrogen (secondary N) is 2. The molecule has 3 aromatic rings. The maximum absolute atomic E-state index is 11.3. The van der Waals surface area contributed by atoms with Gasteiger partial charge in [-0.25, -0.2) is 4.99 Å². The zero-order valence-electron chi connectivity index (χ0n) is 12.7. The van der Waals surface area contributed by atoms with Crippen molar-refractivity contribution in [1.29, 1.82) is 0 Å². The number of carbonyl (C=O) groups is 1. The molecule has 1 fully saturated rings. The molecule has 4 rings (SSSR count).